The van der Waals surface area contributed by atoms with Gasteiger partial charge in [-0.25, -0.2) is 0 Å². The van der Waals surface area contributed by atoms with Crippen LogP contribution in [0.15, 0.2) is 60.7 Å². The van der Waals surface area contributed by atoms with Crippen molar-refractivity contribution in [1.82, 2.24) is 10.2 Å². The Labute approximate surface area is 201 Å². The first-order valence-corrected chi connectivity index (χ1v) is 11.7. The molecule has 0 bridgehead atoms. The van der Waals surface area contributed by atoms with Crippen LogP contribution in [0.2, 0.25) is 0 Å². The molecule has 1 heterocycles. The standard InChI is InChI=1S/C28H32N4O2/c1-5-19-13-21(9-11-26(19)28(33)31-22-16-32(4)17-22)20-7-6-8-23(14-20)34-24-10-12-25(18(2)29)27(15-24)30-3/h6-15,22,29-30H,5,16-17H2,1-4H3,(H,31,33). The van der Waals surface area contributed by atoms with Crippen molar-refractivity contribution in [3.63, 3.8) is 0 Å². The van der Waals surface area contributed by atoms with E-state index in [1.165, 1.54) is 0 Å². The van der Waals surface area contributed by atoms with Gasteiger partial charge in [0, 0.05) is 48.7 Å². The molecule has 1 fully saturated rings. The number of carbonyl (C=O) groups is 1. The Kier molecular flexibility index (Phi) is 6.98. The van der Waals surface area contributed by atoms with Crippen LogP contribution < -0.4 is 15.4 Å². The molecule has 3 aromatic carbocycles. The zero-order valence-corrected chi connectivity index (χ0v) is 20.2. The third-order valence-electron chi connectivity index (χ3n) is 6.20. The summed E-state index contributed by atoms with van der Waals surface area (Å²) in [4.78, 5) is 15.0. The van der Waals surface area contributed by atoms with E-state index in [0.29, 0.717) is 11.5 Å². The van der Waals surface area contributed by atoms with Crippen LogP contribution in [-0.2, 0) is 6.42 Å². The van der Waals surface area contributed by atoms with E-state index in [2.05, 4.69) is 35.6 Å². The average molecular weight is 457 g/mol. The molecule has 1 saturated heterocycles. The van der Waals surface area contributed by atoms with E-state index in [1.54, 1.807) is 6.92 Å². The van der Waals surface area contributed by atoms with E-state index >= 15 is 0 Å². The maximum atomic E-state index is 12.8. The Morgan fingerprint density at radius 2 is 1.74 bits per heavy atom. The second-order valence-electron chi connectivity index (χ2n) is 8.83. The van der Waals surface area contributed by atoms with E-state index in [4.69, 9.17) is 10.1 Å². The van der Waals surface area contributed by atoms with E-state index in [9.17, 15) is 4.79 Å². The van der Waals surface area contributed by atoms with Gasteiger partial charge in [0.05, 0.1) is 6.04 Å². The number of nitrogens with zero attached hydrogens (tertiary/aromatic N) is 1. The van der Waals surface area contributed by atoms with Crippen molar-refractivity contribution >= 4 is 17.3 Å². The molecule has 6 nitrogen and oxygen atoms in total. The van der Waals surface area contributed by atoms with Gasteiger partial charge in [0.1, 0.15) is 11.5 Å². The molecule has 3 N–H and O–H groups in total. The summed E-state index contributed by atoms with van der Waals surface area (Å²) >= 11 is 0. The summed E-state index contributed by atoms with van der Waals surface area (Å²) in [6.07, 6.45) is 0.781. The lowest BCUT2D eigenvalue weighted by Gasteiger charge is -2.36. The van der Waals surface area contributed by atoms with Gasteiger partial charge in [-0.1, -0.05) is 31.2 Å². The Morgan fingerprint density at radius 3 is 2.41 bits per heavy atom. The lowest BCUT2D eigenvalue weighted by Crippen LogP contribution is -2.57. The first-order chi connectivity index (χ1) is 16.4. The van der Waals surface area contributed by atoms with E-state index in [1.807, 2.05) is 61.6 Å². The minimum atomic E-state index is 0.00234. The number of amides is 1. The molecule has 176 valence electrons. The van der Waals surface area contributed by atoms with Crippen LogP contribution >= 0.6 is 0 Å². The molecule has 4 rings (SSSR count). The molecule has 3 aromatic rings. The largest absolute Gasteiger partial charge is 0.457 e. The summed E-state index contributed by atoms with van der Waals surface area (Å²) < 4.78 is 6.13. The number of anilines is 1. The minimum absolute atomic E-state index is 0.00234. The molecule has 0 aromatic heterocycles. The fraction of sp³-hybridized carbons (Fsp3) is 0.286. The Morgan fingerprint density at radius 1 is 1.03 bits per heavy atom. The average Bonchev–Trinajstić information content (AvgIpc) is 2.82. The SMILES string of the molecule is CCc1cc(-c2cccc(Oc3ccc(C(C)=N)c(NC)c3)c2)ccc1C(=O)NC1CN(C)C1. The van der Waals surface area contributed by atoms with Crippen molar-refractivity contribution in [3.8, 4) is 22.6 Å². The number of hydrogen-bond donors (Lipinski definition) is 3. The summed E-state index contributed by atoms with van der Waals surface area (Å²) in [5.41, 5.74) is 6.07. The molecule has 0 saturated carbocycles. The number of nitrogens with one attached hydrogen (secondary N) is 3. The highest BCUT2D eigenvalue weighted by Crippen LogP contribution is 2.31. The molecule has 34 heavy (non-hydrogen) atoms. The van der Waals surface area contributed by atoms with Gasteiger partial charge >= 0.3 is 0 Å². The normalized spacial score (nSPS) is 13.8. The Hall–Kier alpha value is -3.64. The number of likely N-dealkylation sites (N-methyl/N-ethyl adjacent to an activating group) is 1. The van der Waals surface area contributed by atoms with Gasteiger partial charge < -0.3 is 25.7 Å². The van der Waals surface area contributed by atoms with Gasteiger partial charge in [0.25, 0.3) is 5.91 Å². The van der Waals surface area contributed by atoms with Gasteiger partial charge in [-0.2, -0.15) is 0 Å². The van der Waals surface area contributed by atoms with Gasteiger partial charge in [-0.3, -0.25) is 4.79 Å². The third kappa shape index (κ3) is 5.13. The highest BCUT2D eigenvalue weighted by molar-refractivity contribution is 6.01. The molecule has 0 spiro atoms. The van der Waals surface area contributed by atoms with Crippen molar-refractivity contribution < 1.29 is 9.53 Å². The first-order valence-electron chi connectivity index (χ1n) is 11.7. The molecule has 6 heteroatoms. The Balaban J connectivity index is 1.54. The van der Waals surface area contributed by atoms with Gasteiger partial charge in [0.2, 0.25) is 0 Å². The third-order valence-corrected chi connectivity index (χ3v) is 6.20. The smallest absolute Gasteiger partial charge is 0.251 e. The quantitative estimate of drug-likeness (QED) is 0.408. The molecule has 1 aliphatic rings. The summed E-state index contributed by atoms with van der Waals surface area (Å²) in [7, 11) is 3.89. The minimum Gasteiger partial charge on any atom is -0.457 e. The van der Waals surface area contributed by atoms with Crippen molar-refractivity contribution in [1.29, 1.82) is 5.41 Å². The Bertz CT molecular complexity index is 1210. The number of benzene rings is 3. The van der Waals surface area contributed by atoms with Crippen molar-refractivity contribution in [2.75, 3.05) is 32.5 Å². The van der Waals surface area contributed by atoms with Gasteiger partial charge in [-0.05, 0) is 67.4 Å². The zero-order valence-electron chi connectivity index (χ0n) is 20.2. The highest BCUT2D eigenvalue weighted by atomic mass is 16.5. The lowest BCUT2D eigenvalue weighted by molar-refractivity contribution is 0.0857. The molecular formula is C28H32N4O2. The lowest BCUT2D eigenvalue weighted by atomic mass is 9.96. The molecule has 0 atom stereocenters. The van der Waals surface area contributed by atoms with Crippen molar-refractivity contribution in [2.24, 2.45) is 0 Å². The maximum absolute atomic E-state index is 12.8. The molecule has 0 unspecified atom stereocenters. The zero-order chi connectivity index (χ0) is 24.2. The molecule has 1 amide bonds. The second kappa shape index (κ2) is 10.1. The van der Waals surface area contributed by atoms with E-state index in [0.717, 1.165) is 58.8 Å². The van der Waals surface area contributed by atoms with Crippen LogP contribution in [-0.4, -0.2) is 49.7 Å². The topological polar surface area (TPSA) is 77.4 Å². The predicted octanol–water partition coefficient (Wildman–Crippen LogP) is 5.18. The van der Waals surface area contributed by atoms with Gasteiger partial charge in [0.15, 0.2) is 0 Å². The van der Waals surface area contributed by atoms with Crippen LogP contribution in [0.5, 0.6) is 11.5 Å². The summed E-state index contributed by atoms with van der Waals surface area (Å²) in [5, 5.41) is 14.2. The van der Waals surface area contributed by atoms with Crippen molar-refractivity contribution in [3.05, 3.63) is 77.4 Å². The monoisotopic (exact) mass is 456 g/mol. The van der Waals surface area contributed by atoms with Crippen molar-refractivity contribution in [2.45, 2.75) is 26.3 Å². The van der Waals surface area contributed by atoms with Crippen LogP contribution in [0, 0.1) is 5.41 Å². The van der Waals surface area contributed by atoms with Crippen LogP contribution in [0.25, 0.3) is 11.1 Å². The predicted molar refractivity (Wildman–Crippen MR) is 139 cm³/mol. The number of rotatable bonds is 8. The fourth-order valence-corrected chi connectivity index (χ4v) is 4.34. The maximum Gasteiger partial charge on any atom is 0.251 e. The fourth-order valence-electron chi connectivity index (χ4n) is 4.34. The number of hydrogen-bond acceptors (Lipinski definition) is 5. The highest BCUT2D eigenvalue weighted by Gasteiger charge is 2.25. The second-order valence-corrected chi connectivity index (χ2v) is 8.83. The van der Waals surface area contributed by atoms with E-state index < -0.39 is 0 Å². The van der Waals surface area contributed by atoms with Crippen LogP contribution in [0.1, 0.15) is 35.3 Å². The number of carbonyl (C=O) groups excluding carboxylic acids is 1. The molecular weight excluding hydrogens is 424 g/mol. The van der Waals surface area contributed by atoms with Crippen LogP contribution in [0.3, 0.4) is 0 Å². The number of ether oxygens (including phenoxy) is 1. The summed E-state index contributed by atoms with van der Waals surface area (Å²) in [6.45, 7) is 5.65. The van der Waals surface area contributed by atoms with Crippen LogP contribution in [0.4, 0.5) is 5.69 Å². The summed E-state index contributed by atoms with van der Waals surface area (Å²) in [6, 6.07) is 19.9. The molecule has 0 aliphatic carbocycles. The first kappa shape index (κ1) is 23.5. The van der Waals surface area contributed by atoms with Gasteiger partial charge in [-0.15, -0.1) is 0 Å². The molecule has 1 aliphatic heterocycles. The van der Waals surface area contributed by atoms with E-state index in [-0.39, 0.29) is 11.9 Å². The number of aryl methyl sites for hydroxylation is 1. The number of likely N-dealkylation sites (tertiary alicyclic amines) is 1. The molecule has 0 radical (unpaired) electrons. The summed E-state index contributed by atoms with van der Waals surface area (Å²) in [5.74, 6) is 1.43.